The number of nitrogens with one attached hydrogen (secondary N) is 2. The zero-order valence-electron chi connectivity index (χ0n) is 18.4. The van der Waals surface area contributed by atoms with E-state index < -0.39 is 0 Å². The quantitative estimate of drug-likeness (QED) is 0.399. The number of hydrogen-bond donors (Lipinski definition) is 2. The van der Waals surface area contributed by atoms with E-state index in [1.807, 2.05) is 37.2 Å². The summed E-state index contributed by atoms with van der Waals surface area (Å²) in [4.78, 5) is 23.5. The van der Waals surface area contributed by atoms with Gasteiger partial charge in [0.05, 0.1) is 34.8 Å². The van der Waals surface area contributed by atoms with Crippen LogP contribution in [0.1, 0.15) is 0 Å². The molecule has 0 bridgehead atoms. The molecule has 9 heteroatoms. The van der Waals surface area contributed by atoms with Gasteiger partial charge in [0.15, 0.2) is 11.5 Å². The van der Waals surface area contributed by atoms with Gasteiger partial charge in [-0.2, -0.15) is 5.10 Å². The fraction of sp³-hybridized carbons (Fsp3) is 0.0800. The Kier molecular flexibility index (Phi) is 4.54. The lowest BCUT2D eigenvalue weighted by atomic mass is 10.1. The molecule has 0 spiro atoms. The summed E-state index contributed by atoms with van der Waals surface area (Å²) in [5.41, 5.74) is 7.04. The van der Waals surface area contributed by atoms with E-state index in [0.717, 1.165) is 22.5 Å². The van der Waals surface area contributed by atoms with Crippen LogP contribution in [0.5, 0.6) is 0 Å². The number of H-pyrrole nitrogens is 2. The molecule has 0 saturated carbocycles. The van der Waals surface area contributed by atoms with Crippen LogP contribution in [-0.4, -0.2) is 49.2 Å². The van der Waals surface area contributed by atoms with Crippen LogP contribution < -0.4 is 4.90 Å². The molecule has 166 valence electrons. The normalized spacial score (nSPS) is 11.4. The summed E-state index contributed by atoms with van der Waals surface area (Å²) in [5.74, 6) is 0.197. The smallest absolute Gasteiger partial charge is 0.161 e. The second-order valence-electron chi connectivity index (χ2n) is 8.14. The number of nitrogens with zero attached hydrogens (tertiary/aromatic N) is 6. The van der Waals surface area contributed by atoms with Crippen LogP contribution in [0, 0.1) is 5.82 Å². The van der Waals surface area contributed by atoms with Gasteiger partial charge in [-0.15, -0.1) is 0 Å². The lowest BCUT2D eigenvalue weighted by Gasteiger charge is -2.12. The van der Waals surface area contributed by atoms with E-state index >= 15 is 0 Å². The van der Waals surface area contributed by atoms with E-state index in [4.69, 9.17) is 9.97 Å². The summed E-state index contributed by atoms with van der Waals surface area (Å²) in [7, 11) is 3.94. The third-order valence-corrected chi connectivity index (χ3v) is 5.73. The lowest BCUT2D eigenvalue weighted by molar-refractivity contribution is 0.631. The third kappa shape index (κ3) is 3.25. The number of rotatable bonds is 4. The van der Waals surface area contributed by atoms with Crippen molar-refractivity contribution >= 4 is 27.8 Å². The monoisotopic (exact) mass is 450 g/mol. The topological polar surface area (TPSA) is 99.3 Å². The molecule has 5 heterocycles. The van der Waals surface area contributed by atoms with Crippen molar-refractivity contribution in [1.29, 1.82) is 0 Å². The molecule has 6 rings (SSSR count). The minimum Gasteiger partial charge on any atom is -0.376 e. The first-order chi connectivity index (χ1) is 16.6. The van der Waals surface area contributed by atoms with Gasteiger partial charge in [-0.05, 0) is 24.3 Å². The van der Waals surface area contributed by atoms with Crippen molar-refractivity contribution < 1.29 is 4.39 Å². The number of halogens is 1. The summed E-state index contributed by atoms with van der Waals surface area (Å²) in [6, 6.07) is 12.5. The number of fused-ring (bicyclic) bond motifs is 2. The van der Waals surface area contributed by atoms with Gasteiger partial charge < -0.3 is 9.88 Å². The van der Waals surface area contributed by atoms with Crippen molar-refractivity contribution in [3.05, 3.63) is 73.1 Å². The van der Waals surface area contributed by atoms with Gasteiger partial charge in [0.1, 0.15) is 16.9 Å². The Morgan fingerprint density at radius 1 is 0.824 bits per heavy atom. The number of imidazole rings is 1. The molecule has 0 saturated heterocycles. The highest BCUT2D eigenvalue weighted by molar-refractivity contribution is 5.95. The fourth-order valence-corrected chi connectivity index (χ4v) is 3.96. The Labute approximate surface area is 193 Å². The number of anilines is 1. The van der Waals surface area contributed by atoms with Crippen molar-refractivity contribution in [2.75, 3.05) is 19.0 Å². The lowest BCUT2D eigenvalue weighted by Crippen LogP contribution is -2.08. The van der Waals surface area contributed by atoms with Gasteiger partial charge in [-0.3, -0.25) is 15.1 Å². The van der Waals surface area contributed by atoms with Crippen LogP contribution >= 0.6 is 0 Å². The Bertz CT molecular complexity index is 1670. The highest BCUT2D eigenvalue weighted by Crippen LogP contribution is 2.32. The summed E-state index contributed by atoms with van der Waals surface area (Å²) in [5, 5.41) is 7.48. The number of aromatic nitrogens is 7. The van der Waals surface area contributed by atoms with E-state index in [0.29, 0.717) is 39.2 Å². The summed E-state index contributed by atoms with van der Waals surface area (Å²) < 4.78 is 14.5. The Morgan fingerprint density at radius 2 is 1.68 bits per heavy atom. The molecule has 0 radical (unpaired) electrons. The molecule has 0 aliphatic carbocycles. The number of pyridine rings is 3. The van der Waals surface area contributed by atoms with Gasteiger partial charge >= 0.3 is 0 Å². The van der Waals surface area contributed by atoms with Crippen LogP contribution in [0.15, 0.2) is 67.3 Å². The maximum Gasteiger partial charge on any atom is 0.161 e. The first-order valence-electron chi connectivity index (χ1n) is 10.7. The number of benzene rings is 1. The fourth-order valence-electron chi connectivity index (χ4n) is 3.96. The molecule has 0 aliphatic rings. The molecule has 8 nitrogen and oxygen atoms in total. The molecule has 5 aromatic heterocycles. The van der Waals surface area contributed by atoms with Gasteiger partial charge in [-0.25, -0.2) is 14.4 Å². The molecular weight excluding hydrogens is 431 g/mol. The van der Waals surface area contributed by atoms with Crippen molar-refractivity contribution in [3.63, 3.8) is 0 Å². The molecular formula is C25H19FN8. The Hall–Kier alpha value is -4.66. The molecule has 0 fully saturated rings. The SMILES string of the molecule is CN(C)c1cncc(-c2ccc3[nH]nc(-c4nc5c(-c6ccccc6F)cncc5[nH]4)c3n2)c1. The highest BCUT2D eigenvalue weighted by Gasteiger charge is 2.18. The average Bonchev–Trinajstić information content (AvgIpc) is 3.48. The highest BCUT2D eigenvalue weighted by atomic mass is 19.1. The molecule has 0 aliphatic heterocycles. The number of aromatic amines is 2. The second-order valence-corrected chi connectivity index (χ2v) is 8.14. The van der Waals surface area contributed by atoms with Gasteiger partial charge in [0.2, 0.25) is 0 Å². The van der Waals surface area contributed by atoms with E-state index in [1.54, 1.807) is 43.0 Å². The zero-order valence-corrected chi connectivity index (χ0v) is 18.4. The van der Waals surface area contributed by atoms with Crippen molar-refractivity contribution in [1.82, 2.24) is 35.1 Å². The molecule has 34 heavy (non-hydrogen) atoms. The first kappa shape index (κ1) is 20.0. The minimum absolute atomic E-state index is 0.327. The van der Waals surface area contributed by atoms with Crippen molar-refractivity contribution in [2.45, 2.75) is 0 Å². The summed E-state index contributed by atoms with van der Waals surface area (Å²) in [6.07, 6.45) is 6.88. The van der Waals surface area contributed by atoms with Crippen LogP contribution in [0.3, 0.4) is 0 Å². The predicted octanol–water partition coefficient (Wildman–Crippen LogP) is 4.83. The summed E-state index contributed by atoms with van der Waals surface area (Å²) >= 11 is 0. The van der Waals surface area contributed by atoms with E-state index in [-0.39, 0.29) is 5.82 Å². The predicted molar refractivity (Wildman–Crippen MR) is 130 cm³/mol. The minimum atomic E-state index is -0.327. The molecule has 0 atom stereocenters. The molecule has 0 unspecified atom stereocenters. The van der Waals surface area contributed by atoms with Crippen LogP contribution in [0.4, 0.5) is 10.1 Å². The largest absolute Gasteiger partial charge is 0.376 e. The third-order valence-electron chi connectivity index (χ3n) is 5.73. The van der Waals surface area contributed by atoms with Crippen LogP contribution in [0.2, 0.25) is 0 Å². The van der Waals surface area contributed by atoms with E-state index in [1.165, 1.54) is 6.07 Å². The average molecular weight is 450 g/mol. The summed E-state index contributed by atoms with van der Waals surface area (Å²) in [6.45, 7) is 0. The van der Waals surface area contributed by atoms with Gasteiger partial charge in [0, 0.05) is 43.2 Å². The number of hydrogen-bond acceptors (Lipinski definition) is 6. The first-order valence-corrected chi connectivity index (χ1v) is 10.7. The van der Waals surface area contributed by atoms with Crippen LogP contribution in [-0.2, 0) is 0 Å². The van der Waals surface area contributed by atoms with E-state index in [2.05, 4.69) is 25.1 Å². The molecule has 0 amide bonds. The maximum absolute atomic E-state index is 14.5. The second kappa shape index (κ2) is 7.73. The molecule has 2 N–H and O–H groups in total. The van der Waals surface area contributed by atoms with Crippen LogP contribution in [0.25, 0.3) is 56.0 Å². The Balaban J connectivity index is 1.49. The molecule has 6 aromatic rings. The zero-order chi connectivity index (χ0) is 23.2. The standard InChI is InChI=1S/C25H19FN8/c1-34(2)15-9-14(10-27-11-15)19-7-8-20-23(29-19)24(33-32-20)25-30-21-13-28-12-17(22(21)31-25)16-5-3-4-6-18(16)26/h3-13H,1-2H3,(H,30,31)(H,32,33). The maximum atomic E-state index is 14.5. The van der Waals surface area contributed by atoms with Crippen molar-refractivity contribution in [2.24, 2.45) is 0 Å². The van der Waals surface area contributed by atoms with E-state index in [9.17, 15) is 4.39 Å². The molecule has 1 aromatic carbocycles. The van der Waals surface area contributed by atoms with Gasteiger partial charge in [-0.1, -0.05) is 18.2 Å². The van der Waals surface area contributed by atoms with Gasteiger partial charge in [0.25, 0.3) is 0 Å². The Morgan fingerprint density at radius 3 is 2.53 bits per heavy atom. The van der Waals surface area contributed by atoms with Crippen molar-refractivity contribution in [3.8, 4) is 33.9 Å².